The van der Waals surface area contributed by atoms with Crippen molar-refractivity contribution in [3.05, 3.63) is 0 Å². The van der Waals surface area contributed by atoms with Crippen molar-refractivity contribution in [3.63, 3.8) is 0 Å². The van der Waals surface area contributed by atoms with E-state index in [2.05, 4.69) is 0 Å². The van der Waals surface area contributed by atoms with E-state index in [1.807, 2.05) is 7.85 Å². The molecule has 0 aromatic rings. The molecule has 9 heavy (non-hydrogen) atoms. The van der Waals surface area contributed by atoms with Crippen molar-refractivity contribution < 1.29 is 9.90 Å². The molecule has 0 aromatic carbocycles. The number of carboxylic acids is 1. The number of aliphatic carboxylic acids is 1. The summed E-state index contributed by atoms with van der Waals surface area (Å²) in [5.41, 5.74) is 5.20. The van der Waals surface area contributed by atoms with Gasteiger partial charge in [0.1, 0.15) is 13.9 Å². The van der Waals surface area contributed by atoms with Crippen LogP contribution in [0.25, 0.3) is 0 Å². The van der Waals surface area contributed by atoms with E-state index in [1.54, 1.807) is 0 Å². The first kappa shape index (κ1) is 8.49. The fourth-order valence-corrected chi connectivity index (χ4v) is 0.548. The Labute approximate surface area is 55.6 Å². The molecule has 0 aliphatic carbocycles. The molecule has 3 N–H and O–H groups in total. The number of carboxylic acid groups (broad SMARTS) is 1. The molecular weight excluding hydrogens is 117 g/mol. The lowest BCUT2D eigenvalue weighted by atomic mass is 9.98. The smallest absolute Gasteiger partial charge is 0.320 e. The van der Waals surface area contributed by atoms with E-state index < -0.39 is 12.0 Å². The van der Waals surface area contributed by atoms with Gasteiger partial charge >= 0.3 is 5.97 Å². The van der Waals surface area contributed by atoms with Crippen LogP contribution in [-0.2, 0) is 4.79 Å². The maximum atomic E-state index is 10.1. The van der Waals surface area contributed by atoms with Gasteiger partial charge in [0.15, 0.2) is 0 Å². The van der Waals surface area contributed by atoms with E-state index in [-0.39, 0.29) is 0 Å². The molecule has 0 saturated heterocycles. The Bertz CT molecular complexity index is 97.0. The fourth-order valence-electron chi connectivity index (χ4n) is 0.548. The van der Waals surface area contributed by atoms with Crippen molar-refractivity contribution >= 4 is 13.8 Å². The third kappa shape index (κ3) is 4.03. The molecule has 1 atom stereocenters. The first-order chi connectivity index (χ1) is 4.18. The van der Waals surface area contributed by atoms with Gasteiger partial charge in [-0.3, -0.25) is 4.79 Å². The summed E-state index contributed by atoms with van der Waals surface area (Å²) in [4.78, 5) is 10.1. The zero-order valence-electron chi connectivity index (χ0n) is 5.63. The lowest BCUT2D eigenvalue weighted by Gasteiger charge is -2.02. The average Bonchev–Trinajstić information content (AvgIpc) is 1.82. The average molecular weight is 129 g/mol. The summed E-state index contributed by atoms with van der Waals surface area (Å²) in [6, 6.07) is -0.662. The molecule has 0 fully saturated rings. The van der Waals surface area contributed by atoms with E-state index >= 15 is 0 Å². The zero-order valence-corrected chi connectivity index (χ0v) is 5.63. The zero-order chi connectivity index (χ0) is 7.28. The topological polar surface area (TPSA) is 63.3 Å². The van der Waals surface area contributed by atoms with Crippen molar-refractivity contribution in [1.82, 2.24) is 0 Å². The van der Waals surface area contributed by atoms with Crippen LogP contribution in [0.1, 0.15) is 12.8 Å². The number of hydrogen-bond donors (Lipinski definition) is 2. The molecule has 0 unspecified atom stereocenters. The van der Waals surface area contributed by atoms with Crippen LogP contribution in [0.2, 0.25) is 6.32 Å². The van der Waals surface area contributed by atoms with E-state index in [0.717, 1.165) is 12.7 Å². The normalized spacial score (nSPS) is 13.0. The quantitative estimate of drug-likeness (QED) is 0.490. The van der Waals surface area contributed by atoms with Crippen molar-refractivity contribution in [2.24, 2.45) is 5.73 Å². The Morgan fingerprint density at radius 2 is 2.33 bits per heavy atom. The molecule has 4 heteroatoms. The van der Waals surface area contributed by atoms with Gasteiger partial charge in [-0.05, 0) is 6.42 Å². The summed E-state index contributed by atoms with van der Waals surface area (Å²) in [6.45, 7) is 0. The van der Waals surface area contributed by atoms with Crippen LogP contribution >= 0.6 is 0 Å². The summed E-state index contributed by atoms with van der Waals surface area (Å²) in [7, 11) is 2.01. The molecule has 0 aromatic heterocycles. The summed E-state index contributed by atoms with van der Waals surface area (Å²) < 4.78 is 0. The predicted octanol–water partition coefficient (Wildman–Crippen LogP) is -0.770. The minimum atomic E-state index is -0.900. The summed E-state index contributed by atoms with van der Waals surface area (Å²) in [6.07, 6.45) is 2.49. The third-order valence-corrected chi connectivity index (χ3v) is 1.19. The van der Waals surface area contributed by atoms with Gasteiger partial charge in [0.25, 0.3) is 0 Å². The van der Waals surface area contributed by atoms with Crippen molar-refractivity contribution in [1.29, 1.82) is 0 Å². The van der Waals surface area contributed by atoms with Gasteiger partial charge in [-0.2, -0.15) is 0 Å². The van der Waals surface area contributed by atoms with Gasteiger partial charge in [-0.15, -0.1) is 0 Å². The lowest BCUT2D eigenvalue weighted by Crippen LogP contribution is -2.29. The molecule has 0 amide bonds. The first-order valence-electron chi connectivity index (χ1n) is 3.17. The van der Waals surface area contributed by atoms with Crippen LogP contribution < -0.4 is 5.73 Å². The molecule has 0 bridgehead atoms. The molecule has 0 saturated carbocycles. The van der Waals surface area contributed by atoms with Crippen molar-refractivity contribution in [2.45, 2.75) is 25.2 Å². The molecule has 0 heterocycles. The van der Waals surface area contributed by atoms with Crippen LogP contribution in [-0.4, -0.2) is 25.0 Å². The van der Waals surface area contributed by atoms with Crippen LogP contribution in [0.4, 0.5) is 0 Å². The Hall–Kier alpha value is -0.505. The Morgan fingerprint density at radius 1 is 1.78 bits per heavy atom. The van der Waals surface area contributed by atoms with E-state index in [0.29, 0.717) is 6.42 Å². The van der Waals surface area contributed by atoms with Crippen molar-refractivity contribution in [3.8, 4) is 0 Å². The number of hydrogen-bond acceptors (Lipinski definition) is 2. The molecule has 0 aliphatic rings. The van der Waals surface area contributed by atoms with Gasteiger partial charge < -0.3 is 10.8 Å². The second kappa shape index (κ2) is 4.38. The maximum absolute atomic E-state index is 10.1. The Kier molecular flexibility index (Phi) is 4.14. The Balaban J connectivity index is 3.27. The molecule has 0 spiro atoms. The predicted molar refractivity (Wildman–Crippen MR) is 38.2 cm³/mol. The van der Waals surface area contributed by atoms with Gasteiger partial charge in [0.05, 0.1) is 0 Å². The molecular formula is C5H12BNO2. The number of nitrogens with two attached hydrogens (primary N) is 1. The first-order valence-corrected chi connectivity index (χ1v) is 3.17. The van der Waals surface area contributed by atoms with Crippen LogP contribution in [0.3, 0.4) is 0 Å². The van der Waals surface area contributed by atoms with Gasteiger partial charge in [-0.25, -0.2) is 0 Å². The highest BCUT2D eigenvalue weighted by molar-refractivity contribution is 6.08. The molecule has 3 nitrogen and oxygen atoms in total. The standard InChI is InChI=1S/C5H12BNO2/c6-3-1-2-4(7)5(8)9/h4H,1-3,6-7H2,(H,8,9)/t4-/m0/s1. The van der Waals surface area contributed by atoms with Crippen molar-refractivity contribution in [2.75, 3.05) is 0 Å². The van der Waals surface area contributed by atoms with E-state index in [1.165, 1.54) is 0 Å². The molecule has 0 aliphatic heterocycles. The summed E-state index contributed by atoms with van der Waals surface area (Å²) in [5.74, 6) is -0.900. The van der Waals surface area contributed by atoms with Gasteiger partial charge in [0.2, 0.25) is 0 Å². The van der Waals surface area contributed by atoms with E-state index in [4.69, 9.17) is 10.8 Å². The van der Waals surface area contributed by atoms with Crippen LogP contribution in [0.15, 0.2) is 0 Å². The van der Waals surface area contributed by atoms with Crippen LogP contribution in [0.5, 0.6) is 0 Å². The highest BCUT2D eigenvalue weighted by Gasteiger charge is 2.08. The fraction of sp³-hybridized carbons (Fsp3) is 0.800. The summed E-state index contributed by atoms with van der Waals surface area (Å²) in [5, 5.41) is 8.28. The van der Waals surface area contributed by atoms with Gasteiger partial charge in [0, 0.05) is 0 Å². The number of rotatable bonds is 4. The lowest BCUT2D eigenvalue weighted by molar-refractivity contribution is -0.138. The van der Waals surface area contributed by atoms with Gasteiger partial charge in [-0.1, -0.05) is 12.7 Å². The van der Waals surface area contributed by atoms with E-state index in [9.17, 15) is 4.79 Å². The highest BCUT2D eigenvalue weighted by Crippen LogP contribution is 1.96. The summed E-state index contributed by atoms with van der Waals surface area (Å²) >= 11 is 0. The SMILES string of the molecule is BCCC[C@H](N)C(=O)O. The molecule has 0 radical (unpaired) electrons. The maximum Gasteiger partial charge on any atom is 0.320 e. The minimum absolute atomic E-state index is 0.589. The second-order valence-electron chi connectivity index (χ2n) is 2.09. The van der Waals surface area contributed by atoms with Crippen LogP contribution in [0, 0.1) is 0 Å². The highest BCUT2D eigenvalue weighted by atomic mass is 16.4. The number of carbonyl (C=O) groups is 1. The largest absolute Gasteiger partial charge is 0.480 e. The Morgan fingerprint density at radius 3 is 2.67 bits per heavy atom. The molecule has 52 valence electrons. The third-order valence-electron chi connectivity index (χ3n) is 1.19. The minimum Gasteiger partial charge on any atom is -0.480 e. The molecule has 0 rings (SSSR count). The second-order valence-corrected chi connectivity index (χ2v) is 2.09. The monoisotopic (exact) mass is 129 g/mol.